The smallest absolute Gasteiger partial charge is 0.317 e. The fourth-order valence-corrected chi connectivity index (χ4v) is 3.81. The Labute approximate surface area is 179 Å². The minimum Gasteiger partial charge on any atom is -0.385 e. The predicted molar refractivity (Wildman–Crippen MR) is 119 cm³/mol. The lowest BCUT2D eigenvalue weighted by Gasteiger charge is -2.25. The van der Waals surface area contributed by atoms with Crippen LogP contribution >= 0.6 is 0 Å². The zero-order chi connectivity index (χ0) is 21.5. The van der Waals surface area contributed by atoms with E-state index in [0.29, 0.717) is 19.7 Å². The monoisotopic (exact) mass is 414 g/mol. The van der Waals surface area contributed by atoms with Crippen molar-refractivity contribution in [1.82, 2.24) is 15.4 Å². The van der Waals surface area contributed by atoms with Crippen molar-refractivity contribution in [2.24, 2.45) is 0 Å². The fraction of sp³-hybridized carbons (Fsp3) is 0.565. The number of anilines is 1. The molecule has 1 fully saturated rings. The summed E-state index contributed by atoms with van der Waals surface area (Å²) in [5.41, 5.74) is 3.97. The number of ether oxygens (including phenoxy) is 1. The van der Waals surface area contributed by atoms with E-state index in [1.807, 2.05) is 30.9 Å². The van der Waals surface area contributed by atoms with E-state index >= 15 is 0 Å². The highest BCUT2D eigenvalue weighted by atomic mass is 16.5. The lowest BCUT2D eigenvalue weighted by atomic mass is 10.0. The summed E-state index contributed by atoms with van der Waals surface area (Å²) >= 11 is 0. The van der Waals surface area contributed by atoms with Crippen LogP contribution in [0, 0.1) is 6.92 Å². The number of aryl methyl sites for hydroxylation is 1. The number of hydrogen-bond acceptors (Lipinski definition) is 5. The summed E-state index contributed by atoms with van der Waals surface area (Å²) in [7, 11) is 1.68. The van der Waals surface area contributed by atoms with Crippen LogP contribution in [0.25, 0.3) is 11.3 Å². The van der Waals surface area contributed by atoms with Crippen LogP contribution in [0.5, 0.6) is 0 Å². The second kappa shape index (κ2) is 10.5. The predicted octanol–water partition coefficient (Wildman–Crippen LogP) is 4.21. The van der Waals surface area contributed by atoms with Gasteiger partial charge in [-0.1, -0.05) is 28.9 Å². The Bertz CT molecular complexity index is 828. The number of nitrogens with zero attached hydrogens (tertiary/aromatic N) is 3. The maximum Gasteiger partial charge on any atom is 0.317 e. The summed E-state index contributed by atoms with van der Waals surface area (Å²) in [6.45, 7) is 9.58. The summed E-state index contributed by atoms with van der Waals surface area (Å²) in [5, 5.41) is 7.46. The number of carbonyl (C=O) groups is 1. The van der Waals surface area contributed by atoms with Crippen molar-refractivity contribution < 1.29 is 14.1 Å². The fourth-order valence-electron chi connectivity index (χ4n) is 3.81. The van der Waals surface area contributed by atoms with Gasteiger partial charge in [-0.25, -0.2) is 4.79 Å². The highest BCUT2D eigenvalue weighted by Crippen LogP contribution is 2.34. The van der Waals surface area contributed by atoms with Crippen LogP contribution in [-0.4, -0.2) is 55.5 Å². The second-order valence-corrected chi connectivity index (χ2v) is 8.25. The van der Waals surface area contributed by atoms with Crippen molar-refractivity contribution >= 4 is 11.9 Å². The average Bonchev–Trinajstić information content (AvgIpc) is 3.36. The molecule has 7 nitrogen and oxygen atoms in total. The SMILES string of the molecule is COCCCN(Cc1c(-c2cccc(C)c2)noc1N1CCCC1)C(=O)NC(C)C. The zero-order valence-electron chi connectivity index (χ0n) is 18.6. The molecule has 1 aromatic heterocycles. The van der Waals surface area contributed by atoms with Crippen molar-refractivity contribution in [2.75, 3.05) is 38.3 Å². The molecule has 30 heavy (non-hydrogen) atoms. The van der Waals surface area contributed by atoms with Crippen LogP contribution in [0.3, 0.4) is 0 Å². The van der Waals surface area contributed by atoms with Gasteiger partial charge in [0.2, 0.25) is 5.88 Å². The molecule has 164 valence electrons. The Kier molecular flexibility index (Phi) is 7.74. The molecule has 2 heterocycles. The minimum absolute atomic E-state index is 0.0687. The number of carbonyl (C=O) groups excluding carboxylic acids is 1. The maximum atomic E-state index is 12.9. The molecular weight excluding hydrogens is 380 g/mol. The van der Waals surface area contributed by atoms with Gasteiger partial charge in [-0.15, -0.1) is 0 Å². The molecule has 0 bridgehead atoms. The zero-order valence-corrected chi connectivity index (χ0v) is 18.6. The number of hydrogen-bond donors (Lipinski definition) is 1. The van der Waals surface area contributed by atoms with E-state index in [0.717, 1.165) is 55.1 Å². The minimum atomic E-state index is -0.0788. The van der Waals surface area contributed by atoms with Crippen molar-refractivity contribution in [2.45, 2.75) is 52.6 Å². The topological polar surface area (TPSA) is 70.8 Å². The van der Waals surface area contributed by atoms with Crippen LogP contribution in [0.2, 0.25) is 0 Å². The van der Waals surface area contributed by atoms with E-state index in [1.165, 1.54) is 5.56 Å². The van der Waals surface area contributed by atoms with E-state index in [2.05, 4.69) is 34.4 Å². The molecule has 1 aromatic carbocycles. The lowest BCUT2D eigenvalue weighted by molar-refractivity contribution is 0.165. The molecule has 0 spiro atoms. The molecular formula is C23H34N4O3. The molecule has 1 saturated heterocycles. The average molecular weight is 415 g/mol. The maximum absolute atomic E-state index is 12.9. The molecule has 1 aliphatic rings. The van der Waals surface area contributed by atoms with Gasteiger partial charge in [0.15, 0.2) is 0 Å². The highest BCUT2D eigenvalue weighted by Gasteiger charge is 2.27. The molecule has 0 saturated carbocycles. The Balaban J connectivity index is 1.94. The number of amides is 2. The first-order chi connectivity index (χ1) is 14.5. The third-order valence-corrected chi connectivity index (χ3v) is 5.28. The Hall–Kier alpha value is -2.54. The van der Waals surface area contributed by atoms with Crippen LogP contribution < -0.4 is 10.2 Å². The largest absolute Gasteiger partial charge is 0.385 e. The first-order valence-electron chi connectivity index (χ1n) is 10.8. The molecule has 7 heteroatoms. The Morgan fingerprint density at radius 2 is 2.10 bits per heavy atom. The van der Waals surface area contributed by atoms with Gasteiger partial charge in [0.05, 0.1) is 12.1 Å². The van der Waals surface area contributed by atoms with E-state index < -0.39 is 0 Å². The van der Waals surface area contributed by atoms with Gasteiger partial charge in [0, 0.05) is 45.0 Å². The summed E-state index contributed by atoms with van der Waals surface area (Å²) in [4.78, 5) is 17.0. The van der Waals surface area contributed by atoms with Gasteiger partial charge in [0.1, 0.15) is 5.69 Å². The summed E-state index contributed by atoms with van der Waals surface area (Å²) in [6, 6.07) is 8.24. The number of rotatable bonds is 9. The standard InChI is InChI=1S/C23H34N4O3/c1-17(2)24-23(28)27(13-8-14-29-4)16-20-21(19-10-7-9-18(3)15-19)25-30-22(20)26-11-5-6-12-26/h7,9-10,15,17H,5-6,8,11-14,16H2,1-4H3,(H,24,28). The van der Waals surface area contributed by atoms with Crippen LogP contribution in [-0.2, 0) is 11.3 Å². The number of benzene rings is 1. The molecule has 1 aliphatic heterocycles. The molecule has 0 aliphatic carbocycles. The van der Waals surface area contributed by atoms with Crippen molar-refractivity contribution in [1.29, 1.82) is 0 Å². The van der Waals surface area contributed by atoms with Crippen molar-refractivity contribution in [3.8, 4) is 11.3 Å². The van der Waals surface area contributed by atoms with E-state index in [9.17, 15) is 4.79 Å². The summed E-state index contributed by atoms with van der Waals surface area (Å²) in [5.74, 6) is 0.790. The number of aromatic nitrogens is 1. The first-order valence-corrected chi connectivity index (χ1v) is 10.8. The summed E-state index contributed by atoms with van der Waals surface area (Å²) in [6.07, 6.45) is 3.06. The van der Waals surface area contributed by atoms with Crippen LogP contribution in [0.1, 0.15) is 44.2 Å². The van der Waals surface area contributed by atoms with Gasteiger partial charge in [-0.3, -0.25) is 0 Å². The van der Waals surface area contributed by atoms with Crippen LogP contribution in [0.15, 0.2) is 28.8 Å². The molecule has 0 radical (unpaired) electrons. The number of urea groups is 1. The van der Waals surface area contributed by atoms with Crippen molar-refractivity contribution in [3.05, 3.63) is 35.4 Å². The van der Waals surface area contributed by atoms with Gasteiger partial charge in [0.25, 0.3) is 0 Å². The third-order valence-electron chi connectivity index (χ3n) is 5.28. The normalized spacial score (nSPS) is 13.8. The summed E-state index contributed by atoms with van der Waals surface area (Å²) < 4.78 is 11.1. The molecule has 0 unspecified atom stereocenters. The lowest BCUT2D eigenvalue weighted by Crippen LogP contribution is -2.43. The first kappa shape index (κ1) is 22.2. The van der Waals surface area contributed by atoms with Gasteiger partial charge in [-0.2, -0.15) is 0 Å². The molecule has 2 aromatic rings. The second-order valence-electron chi connectivity index (χ2n) is 8.25. The quantitative estimate of drug-likeness (QED) is 0.623. The Morgan fingerprint density at radius 1 is 1.33 bits per heavy atom. The third kappa shape index (κ3) is 5.53. The number of methoxy groups -OCH3 is 1. The van der Waals surface area contributed by atoms with Gasteiger partial charge >= 0.3 is 6.03 Å². The highest BCUT2D eigenvalue weighted by molar-refractivity contribution is 5.76. The molecule has 1 N–H and O–H groups in total. The van der Waals surface area contributed by atoms with Gasteiger partial charge < -0.3 is 24.4 Å². The van der Waals surface area contributed by atoms with E-state index in [1.54, 1.807) is 7.11 Å². The van der Waals surface area contributed by atoms with Gasteiger partial charge in [-0.05, 0) is 46.1 Å². The molecule has 2 amide bonds. The molecule has 3 rings (SSSR count). The van der Waals surface area contributed by atoms with Crippen LogP contribution in [0.4, 0.5) is 10.7 Å². The van der Waals surface area contributed by atoms with E-state index in [4.69, 9.17) is 9.26 Å². The Morgan fingerprint density at radius 3 is 2.77 bits per heavy atom. The number of nitrogens with one attached hydrogen (secondary N) is 1. The van der Waals surface area contributed by atoms with E-state index in [-0.39, 0.29) is 12.1 Å². The molecule has 0 atom stereocenters. The van der Waals surface area contributed by atoms with Crippen molar-refractivity contribution in [3.63, 3.8) is 0 Å².